The molecule has 0 spiro atoms. The van der Waals surface area contributed by atoms with Crippen molar-refractivity contribution in [1.82, 2.24) is 4.98 Å². The number of thiazole rings is 1. The first-order valence-corrected chi connectivity index (χ1v) is 9.41. The minimum absolute atomic E-state index is 0.272. The number of carbonyl (C=O) groups excluding carboxylic acids is 1. The van der Waals surface area contributed by atoms with Crippen molar-refractivity contribution in [3.63, 3.8) is 0 Å². The van der Waals surface area contributed by atoms with Crippen LogP contribution in [-0.4, -0.2) is 21.4 Å². The summed E-state index contributed by atoms with van der Waals surface area (Å²) in [6.07, 6.45) is 4.81. The van der Waals surface area contributed by atoms with Gasteiger partial charge in [-0.2, -0.15) is 0 Å². The molecule has 2 aromatic heterocycles. The maximum absolute atomic E-state index is 12.3. The molecule has 1 amide bonds. The Hall–Kier alpha value is -2.25. The number of rotatable bonds is 5. The molecule has 0 radical (unpaired) electrons. The number of nitrogens with zero attached hydrogens (tertiary/aromatic N) is 1. The molecule has 3 rings (SSSR count). The maximum Gasteiger partial charge on any atom is 0.275 e. The number of amides is 1. The molecule has 0 fully saturated rings. The predicted molar refractivity (Wildman–Crippen MR) is 92.0 cm³/mol. The summed E-state index contributed by atoms with van der Waals surface area (Å²) in [4.78, 5) is 16.6. The average Bonchev–Trinajstić information content (AvgIpc) is 3.18. The summed E-state index contributed by atoms with van der Waals surface area (Å²) in [5, 5.41) is 5.26. The molecule has 0 aliphatic carbocycles. The van der Waals surface area contributed by atoms with Crippen LogP contribution >= 0.6 is 11.3 Å². The summed E-state index contributed by atoms with van der Waals surface area (Å²) in [5.74, 6) is 0.191. The average molecular weight is 346 g/mol. The fourth-order valence-electron chi connectivity index (χ4n) is 2.07. The number of aromatic nitrogens is 1. The Labute approximate surface area is 139 Å². The van der Waals surface area contributed by atoms with Gasteiger partial charge in [-0.3, -0.25) is 9.00 Å². The third-order valence-corrected chi connectivity index (χ3v) is 4.69. The van der Waals surface area contributed by atoms with Gasteiger partial charge in [-0.1, -0.05) is 12.1 Å². The number of carbonyl (C=O) groups is 1. The Balaban J connectivity index is 1.73. The zero-order valence-electron chi connectivity index (χ0n) is 12.3. The Morgan fingerprint density at radius 1 is 1.39 bits per heavy atom. The maximum atomic E-state index is 12.3. The van der Waals surface area contributed by atoms with E-state index in [1.165, 1.54) is 11.3 Å². The van der Waals surface area contributed by atoms with E-state index in [4.69, 9.17) is 4.42 Å². The van der Waals surface area contributed by atoms with E-state index in [-0.39, 0.29) is 5.91 Å². The summed E-state index contributed by atoms with van der Waals surface area (Å²) >= 11 is 1.39. The third-order valence-electron chi connectivity index (χ3n) is 3.06. The number of furan rings is 1. The van der Waals surface area contributed by atoms with Crippen LogP contribution in [0.1, 0.15) is 16.1 Å². The van der Waals surface area contributed by atoms with Crippen LogP contribution in [0.15, 0.2) is 52.7 Å². The van der Waals surface area contributed by atoms with E-state index in [1.807, 2.05) is 18.2 Å². The predicted octanol–water partition coefficient (Wildman–Crippen LogP) is 3.53. The lowest BCUT2D eigenvalue weighted by molar-refractivity contribution is 0.102. The smallest absolute Gasteiger partial charge is 0.275 e. The van der Waals surface area contributed by atoms with E-state index in [1.54, 1.807) is 36.3 Å². The highest BCUT2D eigenvalue weighted by atomic mass is 32.2. The number of benzene rings is 1. The van der Waals surface area contributed by atoms with E-state index < -0.39 is 10.8 Å². The molecule has 2 heterocycles. The quantitative estimate of drug-likeness (QED) is 0.767. The lowest BCUT2D eigenvalue weighted by Gasteiger charge is -2.05. The minimum atomic E-state index is -0.920. The number of hydrogen-bond acceptors (Lipinski definition) is 5. The van der Waals surface area contributed by atoms with Crippen molar-refractivity contribution < 1.29 is 13.4 Å². The van der Waals surface area contributed by atoms with Gasteiger partial charge in [0.1, 0.15) is 17.0 Å². The number of nitrogens with one attached hydrogen (secondary N) is 1. The highest BCUT2D eigenvalue weighted by Crippen LogP contribution is 2.24. The largest absolute Gasteiger partial charge is 0.472 e. The second-order valence-electron chi connectivity index (χ2n) is 4.92. The van der Waals surface area contributed by atoms with Gasteiger partial charge >= 0.3 is 0 Å². The summed E-state index contributed by atoms with van der Waals surface area (Å²) in [6.45, 7) is 0. The monoisotopic (exact) mass is 346 g/mol. The molecule has 0 aliphatic rings. The molecule has 7 heteroatoms. The van der Waals surface area contributed by atoms with Crippen LogP contribution < -0.4 is 5.32 Å². The highest BCUT2D eigenvalue weighted by molar-refractivity contribution is 7.83. The first-order valence-electron chi connectivity index (χ1n) is 6.80. The SMILES string of the molecule is C[S@](=O)Cc1cccc(NC(=O)c2csc(-c3ccoc3)n2)c1. The van der Waals surface area contributed by atoms with Crippen molar-refractivity contribution in [2.24, 2.45) is 0 Å². The first kappa shape index (κ1) is 15.6. The lowest BCUT2D eigenvalue weighted by atomic mass is 10.2. The summed E-state index contributed by atoms with van der Waals surface area (Å²) < 4.78 is 16.3. The molecule has 1 atom stereocenters. The van der Waals surface area contributed by atoms with Gasteiger partial charge < -0.3 is 9.73 Å². The molecule has 0 bridgehead atoms. The van der Waals surface area contributed by atoms with Gasteiger partial charge in [-0.15, -0.1) is 11.3 Å². The van der Waals surface area contributed by atoms with Crippen molar-refractivity contribution in [2.75, 3.05) is 11.6 Å². The van der Waals surface area contributed by atoms with E-state index in [2.05, 4.69) is 10.3 Å². The number of anilines is 1. The molecule has 1 aromatic carbocycles. The van der Waals surface area contributed by atoms with Gasteiger partial charge in [-0.05, 0) is 23.8 Å². The lowest BCUT2D eigenvalue weighted by Crippen LogP contribution is -2.12. The van der Waals surface area contributed by atoms with Gasteiger partial charge in [0.05, 0.1) is 6.26 Å². The van der Waals surface area contributed by atoms with Crippen LogP contribution in [0, 0.1) is 0 Å². The molecular formula is C16H14N2O3S2. The van der Waals surface area contributed by atoms with Gasteiger partial charge in [0.2, 0.25) is 0 Å². The highest BCUT2D eigenvalue weighted by Gasteiger charge is 2.13. The molecule has 1 N–H and O–H groups in total. The normalized spacial score (nSPS) is 12.0. The minimum Gasteiger partial charge on any atom is -0.472 e. The van der Waals surface area contributed by atoms with Crippen molar-refractivity contribution in [3.8, 4) is 10.6 Å². The Bertz CT molecular complexity index is 841. The zero-order chi connectivity index (χ0) is 16.2. The summed E-state index contributed by atoms with van der Waals surface area (Å²) in [6, 6.07) is 9.13. The molecular weight excluding hydrogens is 332 g/mol. The van der Waals surface area contributed by atoms with Crippen LogP contribution in [0.3, 0.4) is 0 Å². The molecule has 3 aromatic rings. The van der Waals surface area contributed by atoms with Crippen LogP contribution in [0.25, 0.3) is 10.6 Å². The van der Waals surface area contributed by atoms with E-state index in [9.17, 15) is 9.00 Å². The molecule has 5 nitrogen and oxygen atoms in total. The third kappa shape index (κ3) is 3.94. The van der Waals surface area contributed by atoms with Crippen molar-refractivity contribution in [2.45, 2.75) is 5.75 Å². The molecule has 0 saturated heterocycles. The number of hydrogen-bond donors (Lipinski definition) is 1. The molecule has 0 unspecified atom stereocenters. The van der Waals surface area contributed by atoms with Gasteiger partial charge in [0.15, 0.2) is 0 Å². The van der Waals surface area contributed by atoms with E-state index >= 15 is 0 Å². The second-order valence-corrected chi connectivity index (χ2v) is 7.22. The summed E-state index contributed by atoms with van der Waals surface area (Å²) in [5.41, 5.74) is 2.79. The van der Waals surface area contributed by atoms with E-state index in [0.717, 1.165) is 16.1 Å². The van der Waals surface area contributed by atoms with Crippen LogP contribution in [-0.2, 0) is 16.6 Å². The van der Waals surface area contributed by atoms with Crippen LogP contribution in [0.5, 0.6) is 0 Å². The Morgan fingerprint density at radius 3 is 3.00 bits per heavy atom. The van der Waals surface area contributed by atoms with Crippen molar-refractivity contribution in [1.29, 1.82) is 0 Å². The fourth-order valence-corrected chi connectivity index (χ4v) is 3.50. The van der Waals surface area contributed by atoms with E-state index in [0.29, 0.717) is 17.1 Å². The first-order chi connectivity index (χ1) is 11.1. The fraction of sp³-hybridized carbons (Fsp3) is 0.125. The van der Waals surface area contributed by atoms with Crippen molar-refractivity contribution >= 4 is 33.7 Å². The molecule has 23 heavy (non-hydrogen) atoms. The van der Waals surface area contributed by atoms with Gasteiger partial charge in [0, 0.05) is 39.4 Å². The van der Waals surface area contributed by atoms with Crippen LogP contribution in [0.4, 0.5) is 5.69 Å². The second kappa shape index (κ2) is 6.89. The van der Waals surface area contributed by atoms with Gasteiger partial charge in [0.25, 0.3) is 5.91 Å². The summed E-state index contributed by atoms with van der Waals surface area (Å²) in [7, 11) is -0.920. The molecule has 0 aliphatic heterocycles. The Kier molecular flexibility index (Phi) is 4.68. The standard InChI is InChI=1S/C16H14N2O3S2/c1-23(20)10-11-3-2-4-13(7-11)17-15(19)14-9-22-16(18-14)12-5-6-21-8-12/h2-9H,10H2,1H3,(H,17,19)/t23-/m0/s1. The van der Waals surface area contributed by atoms with Crippen LogP contribution in [0.2, 0.25) is 0 Å². The Morgan fingerprint density at radius 2 is 2.26 bits per heavy atom. The van der Waals surface area contributed by atoms with Gasteiger partial charge in [-0.25, -0.2) is 4.98 Å². The zero-order valence-corrected chi connectivity index (χ0v) is 13.9. The van der Waals surface area contributed by atoms with Crippen molar-refractivity contribution in [3.05, 3.63) is 59.5 Å². The topological polar surface area (TPSA) is 72.2 Å². The molecule has 0 saturated carbocycles. The molecule has 118 valence electrons.